The topological polar surface area (TPSA) is 69.8 Å². The molecule has 1 atom stereocenters. The van der Waals surface area contributed by atoms with Crippen LogP contribution in [0.5, 0.6) is 0 Å². The number of aliphatic hydroxyl groups excluding tert-OH is 1. The van der Waals surface area contributed by atoms with E-state index in [0.717, 1.165) is 38.6 Å². The van der Waals surface area contributed by atoms with Crippen molar-refractivity contribution in [3.63, 3.8) is 0 Å². The third-order valence-corrected chi connectivity index (χ3v) is 4.86. The molecule has 21 heavy (non-hydrogen) atoms. The zero-order chi connectivity index (χ0) is 15.7. The number of carbonyl (C=O) groups excluding carboxylic acids is 1. The summed E-state index contributed by atoms with van der Waals surface area (Å²) < 4.78 is 0. The number of piperazine rings is 1. The molecule has 6 heteroatoms. The number of aliphatic hydroxyl groups is 1. The molecule has 1 aliphatic heterocycles. The Kier molecular flexibility index (Phi) is 9.31. The molecule has 1 aliphatic rings. The third kappa shape index (κ3) is 7.49. The SMILES string of the molecule is CC(C)CCCN1CCN(C(=O)C(N)CSCCO)CC1. The molecular formula is C15H31N3O2S. The standard InChI is InChI=1S/C15H31N3O2S/c1-13(2)4-3-5-17-6-8-18(9-7-17)15(20)14(16)12-21-11-10-19/h13-14,19H,3-12,16H2,1-2H3. The fraction of sp³-hybridized carbons (Fsp3) is 0.933. The van der Waals surface area contributed by atoms with Crippen LogP contribution in [0.4, 0.5) is 0 Å². The van der Waals surface area contributed by atoms with Gasteiger partial charge in [0.15, 0.2) is 0 Å². The summed E-state index contributed by atoms with van der Waals surface area (Å²) >= 11 is 1.54. The Bertz CT molecular complexity index is 295. The summed E-state index contributed by atoms with van der Waals surface area (Å²) in [7, 11) is 0. The molecule has 0 aliphatic carbocycles. The molecule has 0 aromatic carbocycles. The highest BCUT2D eigenvalue weighted by molar-refractivity contribution is 7.99. The first kappa shape index (κ1) is 18.7. The van der Waals surface area contributed by atoms with Crippen LogP contribution in [0, 0.1) is 5.92 Å². The molecule has 1 fully saturated rings. The number of carbonyl (C=O) groups is 1. The molecule has 1 rings (SSSR count). The summed E-state index contributed by atoms with van der Waals surface area (Å²) in [6, 6.07) is -0.436. The number of hydrogen-bond donors (Lipinski definition) is 2. The van der Waals surface area contributed by atoms with Gasteiger partial charge in [-0.05, 0) is 25.3 Å². The number of hydrogen-bond acceptors (Lipinski definition) is 5. The van der Waals surface area contributed by atoms with Crippen LogP contribution >= 0.6 is 11.8 Å². The highest BCUT2D eigenvalue weighted by atomic mass is 32.2. The summed E-state index contributed by atoms with van der Waals surface area (Å²) in [6.07, 6.45) is 2.51. The molecule has 1 unspecified atom stereocenters. The highest BCUT2D eigenvalue weighted by Gasteiger charge is 2.24. The number of amides is 1. The predicted molar refractivity (Wildman–Crippen MR) is 89.5 cm³/mol. The van der Waals surface area contributed by atoms with Crippen LogP contribution in [0.1, 0.15) is 26.7 Å². The number of nitrogens with zero attached hydrogens (tertiary/aromatic N) is 2. The van der Waals surface area contributed by atoms with Gasteiger partial charge >= 0.3 is 0 Å². The molecule has 0 spiro atoms. The summed E-state index contributed by atoms with van der Waals surface area (Å²) in [5, 5.41) is 8.74. The van der Waals surface area contributed by atoms with E-state index in [2.05, 4.69) is 18.7 Å². The van der Waals surface area contributed by atoms with E-state index < -0.39 is 6.04 Å². The first-order chi connectivity index (χ1) is 10.0. The smallest absolute Gasteiger partial charge is 0.240 e. The van der Waals surface area contributed by atoms with Crippen LogP contribution in [0.2, 0.25) is 0 Å². The lowest BCUT2D eigenvalue weighted by molar-refractivity contribution is -0.133. The van der Waals surface area contributed by atoms with Gasteiger partial charge in [0.1, 0.15) is 0 Å². The normalized spacial score (nSPS) is 18.2. The van der Waals surface area contributed by atoms with E-state index in [9.17, 15) is 4.79 Å². The maximum Gasteiger partial charge on any atom is 0.240 e. The van der Waals surface area contributed by atoms with E-state index in [1.54, 1.807) is 0 Å². The minimum Gasteiger partial charge on any atom is -0.396 e. The predicted octanol–water partition coefficient (Wildman–Crippen LogP) is 0.620. The quantitative estimate of drug-likeness (QED) is 0.610. The Morgan fingerprint density at radius 2 is 1.95 bits per heavy atom. The Hall–Kier alpha value is -0.300. The van der Waals surface area contributed by atoms with E-state index in [0.29, 0.717) is 11.5 Å². The van der Waals surface area contributed by atoms with Gasteiger partial charge in [0.05, 0.1) is 12.6 Å². The van der Waals surface area contributed by atoms with Crippen LogP contribution in [0.25, 0.3) is 0 Å². The Labute approximate surface area is 133 Å². The summed E-state index contributed by atoms with van der Waals surface area (Å²) in [6.45, 7) is 9.29. The van der Waals surface area contributed by atoms with Crippen molar-refractivity contribution in [1.82, 2.24) is 9.80 Å². The summed E-state index contributed by atoms with van der Waals surface area (Å²) in [5.41, 5.74) is 5.93. The monoisotopic (exact) mass is 317 g/mol. The highest BCUT2D eigenvalue weighted by Crippen LogP contribution is 2.09. The second-order valence-corrected chi connectivity index (χ2v) is 7.26. The first-order valence-electron chi connectivity index (χ1n) is 8.00. The summed E-state index contributed by atoms with van der Waals surface area (Å²) in [4.78, 5) is 16.5. The van der Waals surface area contributed by atoms with E-state index >= 15 is 0 Å². The van der Waals surface area contributed by atoms with Crippen molar-refractivity contribution in [3.8, 4) is 0 Å². The Balaban J connectivity index is 2.20. The van der Waals surface area contributed by atoms with Crippen molar-refractivity contribution in [3.05, 3.63) is 0 Å². The third-order valence-electron chi connectivity index (χ3n) is 3.79. The molecule has 0 saturated carbocycles. The number of thioether (sulfide) groups is 1. The molecule has 1 amide bonds. The van der Waals surface area contributed by atoms with Crippen molar-refractivity contribution in [2.24, 2.45) is 11.7 Å². The molecular weight excluding hydrogens is 286 g/mol. The van der Waals surface area contributed by atoms with Gasteiger partial charge in [-0.3, -0.25) is 9.69 Å². The van der Waals surface area contributed by atoms with E-state index in [-0.39, 0.29) is 12.5 Å². The lowest BCUT2D eigenvalue weighted by Gasteiger charge is -2.36. The van der Waals surface area contributed by atoms with Gasteiger partial charge < -0.3 is 15.7 Å². The van der Waals surface area contributed by atoms with Crippen molar-refractivity contribution in [2.75, 3.05) is 50.8 Å². The maximum atomic E-state index is 12.2. The van der Waals surface area contributed by atoms with Crippen molar-refractivity contribution >= 4 is 17.7 Å². The molecule has 124 valence electrons. The fourth-order valence-corrected chi connectivity index (χ4v) is 3.19. The molecule has 0 aromatic rings. The minimum absolute atomic E-state index is 0.0577. The van der Waals surface area contributed by atoms with Crippen LogP contribution < -0.4 is 5.73 Å². The molecule has 0 aromatic heterocycles. The van der Waals surface area contributed by atoms with E-state index in [1.807, 2.05) is 4.90 Å². The Morgan fingerprint density at radius 3 is 2.52 bits per heavy atom. The average Bonchev–Trinajstić information content (AvgIpc) is 2.47. The largest absolute Gasteiger partial charge is 0.396 e. The molecule has 5 nitrogen and oxygen atoms in total. The van der Waals surface area contributed by atoms with Gasteiger partial charge in [-0.15, -0.1) is 0 Å². The van der Waals surface area contributed by atoms with Gasteiger partial charge in [0.25, 0.3) is 0 Å². The maximum absolute atomic E-state index is 12.2. The molecule has 1 heterocycles. The van der Waals surface area contributed by atoms with Gasteiger partial charge in [-0.1, -0.05) is 13.8 Å². The molecule has 0 bridgehead atoms. The van der Waals surface area contributed by atoms with E-state index in [1.165, 1.54) is 24.6 Å². The zero-order valence-electron chi connectivity index (χ0n) is 13.5. The van der Waals surface area contributed by atoms with Gasteiger partial charge in [-0.25, -0.2) is 0 Å². The van der Waals surface area contributed by atoms with Crippen LogP contribution in [-0.2, 0) is 4.79 Å². The average molecular weight is 317 g/mol. The second kappa shape index (κ2) is 10.4. The van der Waals surface area contributed by atoms with Gasteiger partial charge in [0, 0.05) is 37.7 Å². The van der Waals surface area contributed by atoms with Crippen LogP contribution in [0.3, 0.4) is 0 Å². The minimum atomic E-state index is -0.436. The molecule has 1 saturated heterocycles. The Morgan fingerprint density at radius 1 is 1.29 bits per heavy atom. The van der Waals surface area contributed by atoms with Crippen molar-refractivity contribution < 1.29 is 9.90 Å². The lowest BCUT2D eigenvalue weighted by atomic mass is 10.1. The second-order valence-electron chi connectivity index (χ2n) is 6.11. The van der Waals surface area contributed by atoms with E-state index in [4.69, 9.17) is 10.8 Å². The lowest BCUT2D eigenvalue weighted by Crippen LogP contribution is -2.53. The number of rotatable bonds is 9. The number of nitrogens with two attached hydrogens (primary N) is 1. The van der Waals surface area contributed by atoms with Crippen LogP contribution in [0.15, 0.2) is 0 Å². The van der Waals surface area contributed by atoms with Crippen molar-refractivity contribution in [2.45, 2.75) is 32.7 Å². The van der Waals surface area contributed by atoms with Crippen LogP contribution in [-0.4, -0.2) is 77.7 Å². The first-order valence-corrected chi connectivity index (χ1v) is 9.15. The van der Waals surface area contributed by atoms with Gasteiger partial charge in [0.2, 0.25) is 5.91 Å². The van der Waals surface area contributed by atoms with Crippen molar-refractivity contribution in [1.29, 1.82) is 0 Å². The zero-order valence-corrected chi connectivity index (χ0v) is 14.3. The summed E-state index contributed by atoms with van der Waals surface area (Å²) in [5.74, 6) is 2.06. The molecule has 0 radical (unpaired) electrons. The van der Waals surface area contributed by atoms with Gasteiger partial charge in [-0.2, -0.15) is 11.8 Å². The molecule has 3 N–H and O–H groups in total. The fourth-order valence-electron chi connectivity index (χ4n) is 2.50.